The van der Waals surface area contributed by atoms with E-state index in [9.17, 15) is 0 Å². The van der Waals surface area contributed by atoms with E-state index in [0.29, 0.717) is 14.9 Å². The Kier molecular flexibility index (Phi) is 12.3. The molecule has 0 fully saturated rings. The van der Waals surface area contributed by atoms with Gasteiger partial charge in [0.15, 0.2) is 0 Å². The minimum Gasteiger partial charge on any atom is -0.487 e. The van der Waals surface area contributed by atoms with E-state index < -0.39 is 0 Å². The third kappa shape index (κ3) is 8.76. The maximum atomic E-state index is 6.74. The summed E-state index contributed by atoms with van der Waals surface area (Å²) in [7, 11) is 6.00. The number of rotatable bonds is 15. The van der Waals surface area contributed by atoms with Crippen LogP contribution >= 0.6 is 8.81 Å². The third-order valence-electron chi connectivity index (χ3n) is 8.10. The summed E-state index contributed by atoms with van der Waals surface area (Å²) in [6.07, 6.45) is 14.2. The predicted molar refractivity (Wildman–Crippen MR) is 152 cm³/mol. The highest BCUT2D eigenvalue weighted by atomic mass is 31.1. The molecule has 0 N–H and O–H groups in total. The molecule has 0 bridgehead atoms. The third-order valence-corrected chi connectivity index (χ3v) is 8.61. The average Bonchev–Trinajstić information content (AvgIpc) is 2.77. The van der Waals surface area contributed by atoms with Crippen LogP contribution in [0.4, 0.5) is 0 Å². The molecule has 34 heavy (non-hydrogen) atoms. The van der Waals surface area contributed by atoms with Crippen LogP contribution in [-0.4, -0.2) is 19.5 Å². The first-order valence-electron chi connectivity index (χ1n) is 14.0. The molecular formula is C30H52BO2P. The molecule has 4 atom stereocenters. The Labute approximate surface area is 215 Å². The molecule has 1 aromatic carbocycles. The summed E-state index contributed by atoms with van der Waals surface area (Å²) in [5.41, 5.74) is 4.97. The lowest BCUT2D eigenvalue weighted by molar-refractivity contribution is 0.0512. The molecule has 1 unspecified atom stereocenters. The van der Waals surface area contributed by atoms with Crippen LogP contribution in [0.3, 0.4) is 0 Å². The second kappa shape index (κ2) is 14.2. The Hall–Kier alpha value is -0.685. The standard InChI is InChI=1S/C30H52BO2P/c1-21(2)12-9-13-22(3)14-10-15-23(4)16-11-18-30(8)19-17-27-26(7)28(33-34-20-31)24(5)25(6)29(27)32-30/h21-23,34H,9-20H2,1-8H3/t22-,23-,30-/m1/s1. The van der Waals surface area contributed by atoms with Crippen molar-refractivity contribution in [3.63, 3.8) is 0 Å². The van der Waals surface area contributed by atoms with E-state index >= 15 is 0 Å². The lowest BCUT2D eigenvalue weighted by Gasteiger charge is -2.38. The van der Waals surface area contributed by atoms with Gasteiger partial charge in [-0.1, -0.05) is 72.6 Å². The topological polar surface area (TPSA) is 18.5 Å². The van der Waals surface area contributed by atoms with E-state index in [1.54, 1.807) is 0 Å². The number of hydrogen-bond acceptors (Lipinski definition) is 2. The zero-order chi connectivity index (χ0) is 25.3. The summed E-state index contributed by atoms with van der Waals surface area (Å²) in [6, 6.07) is 0.569. The van der Waals surface area contributed by atoms with Crippen LogP contribution in [-0.2, 0) is 6.42 Å². The van der Waals surface area contributed by atoms with Gasteiger partial charge in [-0.15, -0.1) is 0 Å². The molecule has 1 aromatic rings. The fourth-order valence-electron chi connectivity index (χ4n) is 5.53. The molecule has 0 aliphatic carbocycles. The Morgan fingerprint density at radius 2 is 1.47 bits per heavy atom. The van der Waals surface area contributed by atoms with E-state index in [0.717, 1.165) is 48.5 Å². The first kappa shape index (κ1) is 29.5. The smallest absolute Gasteiger partial charge is 0.129 e. The summed E-state index contributed by atoms with van der Waals surface area (Å²) >= 11 is 0. The minimum absolute atomic E-state index is 0.0529. The summed E-state index contributed by atoms with van der Waals surface area (Å²) in [6.45, 7) is 18.4. The summed E-state index contributed by atoms with van der Waals surface area (Å²) in [4.78, 5) is 0. The summed E-state index contributed by atoms with van der Waals surface area (Å²) in [5.74, 6) is 4.69. The van der Waals surface area contributed by atoms with Crippen molar-refractivity contribution in [3.05, 3.63) is 22.3 Å². The van der Waals surface area contributed by atoms with Crippen LogP contribution in [0.1, 0.15) is 121 Å². The van der Waals surface area contributed by atoms with Gasteiger partial charge >= 0.3 is 0 Å². The van der Waals surface area contributed by atoms with Crippen molar-refractivity contribution in [3.8, 4) is 11.5 Å². The highest BCUT2D eigenvalue weighted by molar-refractivity contribution is 7.34. The largest absolute Gasteiger partial charge is 0.487 e. The van der Waals surface area contributed by atoms with Crippen molar-refractivity contribution in [2.24, 2.45) is 17.8 Å². The van der Waals surface area contributed by atoms with Gasteiger partial charge in [-0.05, 0) is 93.9 Å². The van der Waals surface area contributed by atoms with Gasteiger partial charge in [0.2, 0.25) is 0 Å². The molecule has 1 heterocycles. The molecule has 0 saturated heterocycles. The van der Waals surface area contributed by atoms with Crippen LogP contribution in [0.5, 0.6) is 11.5 Å². The van der Waals surface area contributed by atoms with Crippen molar-refractivity contribution >= 4 is 16.7 Å². The molecule has 1 aliphatic rings. The Bertz CT molecular complexity index is 763. The van der Waals surface area contributed by atoms with Crippen LogP contribution < -0.4 is 9.26 Å². The van der Waals surface area contributed by atoms with E-state index in [-0.39, 0.29) is 5.60 Å². The van der Waals surface area contributed by atoms with Gasteiger partial charge in [0.1, 0.15) is 17.1 Å². The molecule has 2 radical (unpaired) electrons. The first-order chi connectivity index (χ1) is 16.1. The van der Waals surface area contributed by atoms with E-state index in [2.05, 4.69) is 55.4 Å². The van der Waals surface area contributed by atoms with E-state index in [1.165, 1.54) is 73.6 Å². The average molecular weight is 487 g/mol. The van der Waals surface area contributed by atoms with Crippen LogP contribution in [0.2, 0.25) is 0 Å². The maximum absolute atomic E-state index is 6.74. The second-order valence-corrected chi connectivity index (χ2v) is 12.8. The summed E-state index contributed by atoms with van der Waals surface area (Å²) < 4.78 is 12.8. The molecule has 0 aromatic heterocycles. The quantitative estimate of drug-likeness (QED) is 0.182. The molecule has 1 aliphatic heterocycles. The highest BCUT2D eigenvalue weighted by Crippen LogP contribution is 2.46. The molecular weight excluding hydrogens is 434 g/mol. The number of hydrogen-bond donors (Lipinski definition) is 0. The van der Waals surface area contributed by atoms with Crippen LogP contribution in [0.15, 0.2) is 0 Å². The van der Waals surface area contributed by atoms with Gasteiger partial charge < -0.3 is 9.26 Å². The minimum atomic E-state index is -0.0529. The zero-order valence-electron chi connectivity index (χ0n) is 23.6. The van der Waals surface area contributed by atoms with E-state index in [1.807, 2.05) is 0 Å². The monoisotopic (exact) mass is 486 g/mol. The summed E-state index contributed by atoms with van der Waals surface area (Å²) in [5, 5.41) is 0. The SMILES string of the molecule is [B]CPOc1c(C)c(C)c2c(c1C)CC[C@@](C)(CCC[C@H](C)CCC[C@H](C)CCCC(C)C)O2. The van der Waals surface area contributed by atoms with Crippen molar-refractivity contribution in [2.45, 2.75) is 132 Å². The van der Waals surface area contributed by atoms with Crippen LogP contribution in [0, 0.1) is 38.5 Å². The molecule has 2 nitrogen and oxygen atoms in total. The number of ether oxygens (including phenoxy) is 1. The van der Waals surface area contributed by atoms with Gasteiger partial charge in [0, 0.05) is 5.56 Å². The lowest BCUT2D eigenvalue weighted by Crippen LogP contribution is -2.37. The van der Waals surface area contributed by atoms with Gasteiger partial charge in [-0.3, -0.25) is 0 Å². The first-order valence-corrected chi connectivity index (χ1v) is 15.1. The second-order valence-electron chi connectivity index (χ2n) is 11.9. The maximum Gasteiger partial charge on any atom is 0.129 e. The Morgan fingerprint density at radius 1 is 0.882 bits per heavy atom. The van der Waals surface area contributed by atoms with Crippen LogP contribution in [0.25, 0.3) is 0 Å². The van der Waals surface area contributed by atoms with Crippen molar-refractivity contribution in [2.75, 3.05) is 6.06 Å². The fraction of sp³-hybridized carbons (Fsp3) is 0.800. The molecule has 192 valence electrons. The molecule has 0 saturated carbocycles. The normalized spacial score (nSPS) is 19.9. The fourth-order valence-corrected chi connectivity index (χ4v) is 6.06. The van der Waals surface area contributed by atoms with Crippen molar-refractivity contribution < 1.29 is 9.26 Å². The number of fused-ring (bicyclic) bond motifs is 1. The van der Waals surface area contributed by atoms with Gasteiger partial charge in [-0.2, -0.15) is 0 Å². The highest BCUT2D eigenvalue weighted by Gasteiger charge is 2.34. The molecule has 0 amide bonds. The van der Waals surface area contributed by atoms with Gasteiger partial charge in [0.05, 0.1) is 16.7 Å². The number of benzene rings is 1. The Balaban J connectivity index is 1.80. The molecule has 2 rings (SSSR count). The van der Waals surface area contributed by atoms with Gasteiger partial charge in [0.25, 0.3) is 0 Å². The predicted octanol–water partition coefficient (Wildman–Crippen LogP) is 9.23. The molecule has 0 spiro atoms. The van der Waals surface area contributed by atoms with Crippen molar-refractivity contribution in [1.29, 1.82) is 0 Å². The Morgan fingerprint density at radius 3 is 2.06 bits per heavy atom. The lowest BCUT2D eigenvalue weighted by atomic mass is 9.84. The van der Waals surface area contributed by atoms with Crippen molar-refractivity contribution in [1.82, 2.24) is 0 Å². The molecule has 4 heteroatoms. The van der Waals surface area contributed by atoms with E-state index in [4.69, 9.17) is 17.1 Å². The van der Waals surface area contributed by atoms with Gasteiger partial charge in [-0.25, -0.2) is 0 Å². The zero-order valence-corrected chi connectivity index (χ0v) is 24.6.